The Labute approximate surface area is 203 Å². The van der Waals surface area contributed by atoms with E-state index in [0.29, 0.717) is 0 Å². The summed E-state index contributed by atoms with van der Waals surface area (Å²) >= 11 is 0. The van der Waals surface area contributed by atoms with Crippen molar-refractivity contribution in [3.63, 3.8) is 0 Å². The van der Waals surface area contributed by atoms with Crippen molar-refractivity contribution in [1.29, 1.82) is 0 Å². The number of anilines is 2. The van der Waals surface area contributed by atoms with E-state index in [1.807, 2.05) is 0 Å². The summed E-state index contributed by atoms with van der Waals surface area (Å²) < 4.78 is 0. The first kappa shape index (κ1) is 26.9. The molecule has 2 rings (SSSR count). The summed E-state index contributed by atoms with van der Waals surface area (Å²) in [6.45, 7) is 26.0. The Morgan fingerprint density at radius 1 is 0.367 bits per heavy atom. The SMILES string of the molecule is Cc1c(C)c(C)c(NCCNCCNc2c(C)c(C)c(C)c(C)c2C)c(C)c1C.[Zr]. The molecular weight excluding hydrogens is 446 g/mol. The number of benzene rings is 2. The Balaban J connectivity index is 0.00000450. The minimum atomic E-state index is 0. The van der Waals surface area contributed by atoms with Gasteiger partial charge in [-0.3, -0.25) is 0 Å². The first-order valence-corrected chi connectivity index (χ1v) is 10.9. The molecule has 3 N–H and O–H groups in total. The van der Waals surface area contributed by atoms with Crippen molar-refractivity contribution in [2.75, 3.05) is 36.8 Å². The van der Waals surface area contributed by atoms with Gasteiger partial charge in [0.1, 0.15) is 0 Å². The van der Waals surface area contributed by atoms with Crippen molar-refractivity contribution in [3.05, 3.63) is 55.6 Å². The van der Waals surface area contributed by atoms with Gasteiger partial charge in [-0.15, -0.1) is 0 Å². The third kappa shape index (κ3) is 5.57. The zero-order chi connectivity index (χ0) is 21.9. The third-order valence-electron chi connectivity index (χ3n) is 7.21. The molecule has 0 spiro atoms. The molecule has 0 saturated heterocycles. The van der Waals surface area contributed by atoms with Crippen LogP contribution in [0.25, 0.3) is 0 Å². The molecule has 2 aromatic carbocycles. The summed E-state index contributed by atoms with van der Waals surface area (Å²) in [5, 5.41) is 10.9. The Morgan fingerprint density at radius 2 is 0.600 bits per heavy atom. The molecule has 0 amide bonds. The maximum absolute atomic E-state index is 3.66. The normalized spacial score (nSPS) is 10.7. The van der Waals surface area contributed by atoms with Gasteiger partial charge in [0.05, 0.1) is 0 Å². The van der Waals surface area contributed by atoms with E-state index in [9.17, 15) is 0 Å². The molecule has 2 aromatic rings. The van der Waals surface area contributed by atoms with Crippen LogP contribution in [0.1, 0.15) is 55.6 Å². The fourth-order valence-corrected chi connectivity index (χ4v) is 4.21. The zero-order valence-electron chi connectivity index (χ0n) is 20.8. The maximum atomic E-state index is 3.66. The topological polar surface area (TPSA) is 36.1 Å². The zero-order valence-corrected chi connectivity index (χ0v) is 23.3. The van der Waals surface area contributed by atoms with Crippen molar-refractivity contribution in [2.24, 2.45) is 0 Å². The third-order valence-corrected chi connectivity index (χ3v) is 7.21. The van der Waals surface area contributed by atoms with E-state index in [2.05, 4.69) is 85.2 Å². The van der Waals surface area contributed by atoms with Crippen molar-refractivity contribution in [3.8, 4) is 0 Å². The first-order chi connectivity index (χ1) is 13.6. The molecule has 164 valence electrons. The van der Waals surface area contributed by atoms with E-state index in [-0.39, 0.29) is 26.2 Å². The number of rotatable bonds is 8. The van der Waals surface area contributed by atoms with Crippen LogP contribution in [0.4, 0.5) is 11.4 Å². The average molecular weight is 487 g/mol. The predicted octanol–water partition coefficient (Wildman–Crippen LogP) is 5.88. The maximum Gasteiger partial charge on any atom is 0.0405 e. The smallest absolute Gasteiger partial charge is 0.0405 e. The van der Waals surface area contributed by atoms with Gasteiger partial charge in [-0.05, 0) is 125 Å². The predicted molar refractivity (Wildman–Crippen MR) is 130 cm³/mol. The summed E-state index contributed by atoms with van der Waals surface area (Å²) in [4.78, 5) is 0. The van der Waals surface area contributed by atoms with Crippen LogP contribution in [-0.4, -0.2) is 26.2 Å². The van der Waals surface area contributed by atoms with Crippen LogP contribution in [0.5, 0.6) is 0 Å². The molecule has 0 atom stereocenters. The number of nitrogens with one attached hydrogen (secondary N) is 3. The van der Waals surface area contributed by atoms with Crippen molar-refractivity contribution < 1.29 is 26.2 Å². The standard InChI is InChI=1S/C26H41N3.Zr/c1-15-17(3)21(7)25(22(8)18(15)4)28-13-11-27-12-14-29-26-23(9)19(5)16(2)20(6)24(26)10;/h27-29H,11-14H2,1-10H3;. The van der Waals surface area contributed by atoms with Crippen molar-refractivity contribution >= 4 is 11.4 Å². The van der Waals surface area contributed by atoms with E-state index in [1.165, 1.54) is 67.0 Å². The van der Waals surface area contributed by atoms with E-state index in [0.717, 1.165) is 26.2 Å². The van der Waals surface area contributed by atoms with Gasteiger partial charge in [-0.2, -0.15) is 0 Å². The Morgan fingerprint density at radius 3 is 0.867 bits per heavy atom. The monoisotopic (exact) mass is 485 g/mol. The van der Waals surface area contributed by atoms with Crippen LogP contribution in [0.15, 0.2) is 0 Å². The van der Waals surface area contributed by atoms with Crippen molar-refractivity contribution in [2.45, 2.75) is 69.2 Å². The second-order valence-electron chi connectivity index (χ2n) is 8.60. The average Bonchev–Trinajstić information content (AvgIpc) is 2.71. The van der Waals surface area contributed by atoms with E-state index >= 15 is 0 Å². The van der Waals surface area contributed by atoms with Crippen LogP contribution in [0, 0.1) is 69.2 Å². The molecule has 0 fully saturated rings. The minimum absolute atomic E-state index is 0. The Kier molecular flexibility index (Phi) is 10.3. The van der Waals surface area contributed by atoms with Gasteiger partial charge in [0.15, 0.2) is 0 Å². The summed E-state index contributed by atoms with van der Waals surface area (Å²) in [6.07, 6.45) is 0. The molecule has 0 aliphatic rings. The molecule has 3 nitrogen and oxygen atoms in total. The molecule has 0 bridgehead atoms. The van der Waals surface area contributed by atoms with Gasteiger partial charge in [0.25, 0.3) is 0 Å². The summed E-state index contributed by atoms with van der Waals surface area (Å²) in [5.41, 5.74) is 16.6. The minimum Gasteiger partial charge on any atom is -0.383 e. The van der Waals surface area contributed by atoms with Gasteiger partial charge in [0, 0.05) is 63.8 Å². The fraction of sp³-hybridized carbons (Fsp3) is 0.538. The summed E-state index contributed by atoms with van der Waals surface area (Å²) in [6, 6.07) is 0. The molecule has 0 radical (unpaired) electrons. The Hall–Kier alpha value is -1.12. The second-order valence-corrected chi connectivity index (χ2v) is 8.60. The number of hydrogen-bond acceptors (Lipinski definition) is 3. The van der Waals surface area contributed by atoms with Gasteiger partial charge in [0.2, 0.25) is 0 Å². The van der Waals surface area contributed by atoms with E-state index in [1.54, 1.807) is 0 Å². The molecule has 0 aliphatic carbocycles. The molecule has 4 heteroatoms. The summed E-state index contributed by atoms with van der Waals surface area (Å²) in [7, 11) is 0. The van der Waals surface area contributed by atoms with Crippen LogP contribution >= 0.6 is 0 Å². The van der Waals surface area contributed by atoms with Crippen LogP contribution in [0.3, 0.4) is 0 Å². The summed E-state index contributed by atoms with van der Waals surface area (Å²) in [5.74, 6) is 0. The molecule has 0 saturated carbocycles. The molecule has 0 heterocycles. The number of hydrogen-bond donors (Lipinski definition) is 3. The molecule has 0 aromatic heterocycles. The van der Waals surface area contributed by atoms with Gasteiger partial charge in [-0.25, -0.2) is 0 Å². The molecular formula is C26H41N3Zr. The van der Waals surface area contributed by atoms with Gasteiger partial charge < -0.3 is 16.0 Å². The molecule has 0 aliphatic heterocycles. The largest absolute Gasteiger partial charge is 0.383 e. The molecule has 30 heavy (non-hydrogen) atoms. The first-order valence-electron chi connectivity index (χ1n) is 10.9. The quantitative estimate of drug-likeness (QED) is 0.408. The van der Waals surface area contributed by atoms with E-state index < -0.39 is 0 Å². The Bertz CT molecular complexity index is 769. The van der Waals surface area contributed by atoms with E-state index in [4.69, 9.17) is 0 Å². The second kappa shape index (κ2) is 11.5. The van der Waals surface area contributed by atoms with Crippen LogP contribution in [-0.2, 0) is 26.2 Å². The fourth-order valence-electron chi connectivity index (χ4n) is 4.21. The van der Waals surface area contributed by atoms with Crippen LogP contribution < -0.4 is 16.0 Å². The van der Waals surface area contributed by atoms with Crippen LogP contribution in [0.2, 0.25) is 0 Å². The van der Waals surface area contributed by atoms with Gasteiger partial charge in [-0.1, -0.05) is 0 Å². The van der Waals surface area contributed by atoms with Gasteiger partial charge >= 0.3 is 0 Å². The molecule has 0 unspecified atom stereocenters. The van der Waals surface area contributed by atoms with Crippen molar-refractivity contribution in [1.82, 2.24) is 5.32 Å².